The van der Waals surface area contributed by atoms with Gasteiger partial charge >= 0.3 is 0 Å². The first kappa shape index (κ1) is 16.7. The number of nitrogens with two attached hydrogens (primary N) is 1. The molecule has 2 aromatic carbocycles. The summed E-state index contributed by atoms with van der Waals surface area (Å²) in [6.07, 6.45) is 0. The number of anilines is 1. The fourth-order valence-corrected chi connectivity index (χ4v) is 2.84. The van der Waals surface area contributed by atoms with E-state index in [9.17, 15) is 9.59 Å². The summed E-state index contributed by atoms with van der Waals surface area (Å²) < 4.78 is 0. The molecule has 0 aliphatic rings. The summed E-state index contributed by atoms with van der Waals surface area (Å²) >= 11 is 13.1. The van der Waals surface area contributed by atoms with E-state index in [1.165, 1.54) is 11.8 Å². The van der Waals surface area contributed by atoms with Crippen LogP contribution in [-0.2, 0) is 4.79 Å². The molecule has 2 aromatic rings. The van der Waals surface area contributed by atoms with E-state index in [-0.39, 0.29) is 11.7 Å². The third-order valence-corrected chi connectivity index (χ3v) is 4.34. The van der Waals surface area contributed by atoms with Crippen LogP contribution >= 0.6 is 35.0 Å². The Bertz CT molecular complexity index is 722. The Morgan fingerprint density at radius 1 is 1.14 bits per heavy atom. The Morgan fingerprint density at radius 3 is 2.59 bits per heavy atom. The lowest BCUT2D eigenvalue weighted by Gasteiger charge is -2.10. The van der Waals surface area contributed by atoms with Crippen molar-refractivity contribution in [3.05, 3.63) is 58.1 Å². The van der Waals surface area contributed by atoms with Crippen molar-refractivity contribution in [2.75, 3.05) is 11.1 Å². The Kier molecular flexibility index (Phi) is 5.71. The van der Waals surface area contributed by atoms with E-state index in [4.69, 9.17) is 28.9 Å². The van der Waals surface area contributed by atoms with Crippen molar-refractivity contribution in [1.82, 2.24) is 0 Å². The van der Waals surface area contributed by atoms with E-state index >= 15 is 0 Å². The molecule has 0 fully saturated rings. The van der Waals surface area contributed by atoms with Crippen LogP contribution in [0.4, 0.5) is 5.69 Å². The van der Waals surface area contributed by atoms with Gasteiger partial charge in [-0.1, -0.05) is 35.3 Å². The molecule has 0 heterocycles. The third-order valence-electron chi connectivity index (χ3n) is 2.68. The highest BCUT2D eigenvalue weighted by Gasteiger charge is 2.14. The normalized spacial score (nSPS) is 10.3. The van der Waals surface area contributed by atoms with Gasteiger partial charge in [0.1, 0.15) is 0 Å². The summed E-state index contributed by atoms with van der Waals surface area (Å²) in [4.78, 5) is 24.0. The monoisotopic (exact) mass is 354 g/mol. The van der Waals surface area contributed by atoms with E-state index < -0.39 is 5.91 Å². The number of halogens is 2. The zero-order chi connectivity index (χ0) is 16.1. The minimum Gasteiger partial charge on any atom is -0.369 e. The Hall–Kier alpha value is -1.69. The van der Waals surface area contributed by atoms with Crippen LogP contribution in [0, 0.1) is 0 Å². The molecule has 0 atom stereocenters. The molecule has 0 spiro atoms. The first-order valence-corrected chi connectivity index (χ1v) is 7.98. The minimum absolute atomic E-state index is 0.0994. The largest absolute Gasteiger partial charge is 0.369 e. The highest BCUT2D eigenvalue weighted by molar-refractivity contribution is 8.00. The third kappa shape index (κ3) is 4.40. The number of carbonyl (C=O) groups is 2. The number of carbonyl (C=O) groups excluding carboxylic acids is 2. The summed E-state index contributed by atoms with van der Waals surface area (Å²) in [6.45, 7) is 0. The van der Waals surface area contributed by atoms with Crippen molar-refractivity contribution < 1.29 is 9.59 Å². The van der Waals surface area contributed by atoms with Crippen molar-refractivity contribution in [3.63, 3.8) is 0 Å². The number of benzene rings is 2. The van der Waals surface area contributed by atoms with Gasteiger partial charge in [-0.05, 0) is 30.3 Å². The molecule has 0 saturated carbocycles. The first-order chi connectivity index (χ1) is 10.5. The fraction of sp³-hybridized carbons (Fsp3) is 0.0667. The maximum absolute atomic E-state index is 12.4. The van der Waals surface area contributed by atoms with Crippen LogP contribution in [0.15, 0.2) is 47.4 Å². The number of nitrogens with one attached hydrogen (secondary N) is 1. The van der Waals surface area contributed by atoms with Crippen LogP contribution in [-0.4, -0.2) is 17.6 Å². The molecule has 0 bridgehead atoms. The second-order valence-corrected chi connectivity index (χ2v) is 6.19. The van der Waals surface area contributed by atoms with Crippen LogP contribution < -0.4 is 11.1 Å². The number of hydrogen-bond donors (Lipinski definition) is 2. The molecule has 0 aliphatic carbocycles. The zero-order valence-corrected chi connectivity index (χ0v) is 13.6. The molecule has 2 amide bonds. The lowest BCUT2D eigenvalue weighted by molar-refractivity contribution is -0.115. The molecule has 0 aliphatic heterocycles. The van der Waals surface area contributed by atoms with Crippen molar-refractivity contribution in [2.45, 2.75) is 4.90 Å². The maximum atomic E-state index is 12.4. The van der Waals surface area contributed by atoms with Gasteiger partial charge in [-0.2, -0.15) is 0 Å². The average molecular weight is 355 g/mol. The zero-order valence-electron chi connectivity index (χ0n) is 11.3. The maximum Gasteiger partial charge on any atom is 0.256 e. The van der Waals surface area contributed by atoms with Crippen LogP contribution in [0.2, 0.25) is 10.0 Å². The van der Waals surface area contributed by atoms with Gasteiger partial charge in [0.2, 0.25) is 5.91 Å². The second kappa shape index (κ2) is 7.54. The Labute approximate surface area is 142 Å². The fourth-order valence-electron chi connectivity index (χ4n) is 1.71. The molecule has 22 heavy (non-hydrogen) atoms. The van der Waals surface area contributed by atoms with Gasteiger partial charge < -0.3 is 11.1 Å². The van der Waals surface area contributed by atoms with Gasteiger partial charge in [-0.15, -0.1) is 11.8 Å². The lowest BCUT2D eigenvalue weighted by atomic mass is 10.2. The van der Waals surface area contributed by atoms with Crippen molar-refractivity contribution >= 4 is 52.5 Å². The first-order valence-electron chi connectivity index (χ1n) is 6.24. The van der Waals surface area contributed by atoms with Crippen molar-refractivity contribution in [2.24, 2.45) is 5.73 Å². The van der Waals surface area contributed by atoms with Gasteiger partial charge in [-0.25, -0.2) is 0 Å². The molecule has 2 rings (SSSR count). The van der Waals surface area contributed by atoms with Crippen LogP contribution in [0.25, 0.3) is 0 Å². The minimum atomic E-state index is -0.446. The summed E-state index contributed by atoms with van der Waals surface area (Å²) in [5.74, 6) is -0.683. The van der Waals surface area contributed by atoms with E-state index in [0.717, 1.165) is 0 Å². The van der Waals surface area contributed by atoms with Gasteiger partial charge in [0.25, 0.3) is 5.91 Å². The van der Waals surface area contributed by atoms with Crippen LogP contribution in [0.5, 0.6) is 0 Å². The molecule has 4 nitrogen and oxygen atoms in total. The predicted molar refractivity (Wildman–Crippen MR) is 90.8 cm³/mol. The highest BCUT2D eigenvalue weighted by Crippen LogP contribution is 2.28. The standard InChI is InChI=1S/C15H12Cl2N2O2S/c16-9-5-6-11(17)12(7-9)19-15(21)10-3-1-2-4-13(10)22-8-14(18)20/h1-7H,8H2,(H2,18,20)(H,19,21). The predicted octanol–water partition coefficient (Wildman–Crippen LogP) is 3.82. The van der Waals surface area contributed by atoms with Crippen molar-refractivity contribution in [1.29, 1.82) is 0 Å². The quantitative estimate of drug-likeness (QED) is 0.801. The molecule has 0 saturated heterocycles. The molecule has 0 aromatic heterocycles. The van der Waals surface area contributed by atoms with E-state index in [1.54, 1.807) is 42.5 Å². The number of hydrogen-bond acceptors (Lipinski definition) is 3. The molecule has 0 unspecified atom stereocenters. The number of rotatable bonds is 5. The van der Waals surface area contributed by atoms with Crippen LogP contribution in [0.3, 0.4) is 0 Å². The average Bonchev–Trinajstić information content (AvgIpc) is 2.49. The Morgan fingerprint density at radius 2 is 1.86 bits per heavy atom. The number of thioether (sulfide) groups is 1. The number of amides is 2. The summed E-state index contributed by atoms with van der Waals surface area (Å²) in [7, 11) is 0. The number of primary amides is 1. The summed E-state index contributed by atoms with van der Waals surface area (Å²) in [5, 5.41) is 3.57. The molecule has 0 radical (unpaired) electrons. The second-order valence-electron chi connectivity index (χ2n) is 4.33. The molecule has 7 heteroatoms. The van der Waals surface area contributed by atoms with Gasteiger partial charge in [-0.3, -0.25) is 9.59 Å². The van der Waals surface area contributed by atoms with Gasteiger partial charge in [0.05, 0.1) is 22.0 Å². The lowest BCUT2D eigenvalue weighted by Crippen LogP contribution is -2.15. The van der Waals surface area contributed by atoms with Crippen molar-refractivity contribution in [3.8, 4) is 0 Å². The van der Waals surface area contributed by atoms with Crippen LogP contribution in [0.1, 0.15) is 10.4 Å². The van der Waals surface area contributed by atoms with E-state index in [2.05, 4.69) is 5.32 Å². The molecular formula is C15H12Cl2N2O2S. The van der Waals surface area contributed by atoms with Gasteiger partial charge in [0, 0.05) is 9.92 Å². The Balaban J connectivity index is 2.22. The molecular weight excluding hydrogens is 343 g/mol. The van der Waals surface area contributed by atoms with E-state index in [1.807, 2.05) is 0 Å². The summed E-state index contributed by atoms with van der Waals surface area (Å²) in [5.41, 5.74) is 5.99. The topological polar surface area (TPSA) is 72.2 Å². The molecule has 114 valence electrons. The SMILES string of the molecule is NC(=O)CSc1ccccc1C(=O)Nc1cc(Cl)ccc1Cl. The molecule has 3 N–H and O–H groups in total. The van der Waals surface area contributed by atoms with Gasteiger partial charge in [0.15, 0.2) is 0 Å². The van der Waals surface area contributed by atoms with E-state index in [0.29, 0.717) is 26.2 Å². The summed E-state index contributed by atoms with van der Waals surface area (Å²) in [6, 6.07) is 11.7. The highest BCUT2D eigenvalue weighted by atomic mass is 35.5. The smallest absolute Gasteiger partial charge is 0.256 e.